The van der Waals surface area contributed by atoms with Crippen LogP contribution in [0.25, 0.3) is 0 Å². The highest BCUT2D eigenvalue weighted by Gasteiger charge is 2.19. The maximum atomic E-state index is 13.6. The fraction of sp³-hybridized carbons (Fsp3) is 0.364. The van der Waals surface area contributed by atoms with Crippen molar-refractivity contribution in [3.63, 3.8) is 0 Å². The molecular formula is C11H12FNO4. The smallest absolute Gasteiger partial charge is 0.320 e. The van der Waals surface area contributed by atoms with Crippen LogP contribution in [0, 0.1) is 5.82 Å². The molecule has 1 aromatic carbocycles. The predicted octanol–water partition coefficient (Wildman–Crippen LogP) is 0.551. The number of hydrogen-bond acceptors (Lipinski definition) is 4. The van der Waals surface area contributed by atoms with Crippen LogP contribution in [0.5, 0.6) is 11.5 Å². The summed E-state index contributed by atoms with van der Waals surface area (Å²) in [5.41, 5.74) is 5.57. The van der Waals surface area contributed by atoms with Crippen LogP contribution in [0.15, 0.2) is 12.1 Å². The third-order valence-electron chi connectivity index (χ3n) is 2.47. The summed E-state index contributed by atoms with van der Waals surface area (Å²) in [6.07, 6.45) is -0.0855. The number of rotatable bonds is 3. The van der Waals surface area contributed by atoms with Crippen molar-refractivity contribution in [2.24, 2.45) is 5.73 Å². The molecule has 2 rings (SSSR count). The van der Waals surface area contributed by atoms with Gasteiger partial charge in [-0.1, -0.05) is 0 Å². The molecular weight excluding hydrogens is 229 g/mol. The van der Waals surface area contributed by atoms with E-state index in [2.05, 4.69) is 0 Å². The molecule has 1 aliphatic heterocycles. The van der Waals surface area contributed by atoms with Gasteiger partial charge in [-0.3, -0.25) is 4.79 Å². The second kappa shape index (κ2) is 4.58. The van der Waals surface area contributed by atoms with Crippen LogP contribution in [0.2, 0.25) is 0 Å². The van der Waals surface area contributed by atoms with E-state index in [-0.39, 0.29) is 12.0 Å². The third kappa shape index (κ3) is 2.47. The quantitative estimate of drug-likeness (QED) is 0.807. The van der Waals surface area contributed by atoms with Gasteiger partial charge in [-0.05, 0) is 11.6 Å². The van der Waals surface area contributed by atoms with Gasteiger partial charge in [0.2, 0.25) is 0 Å². The minimum atomic E-state index is -1.17. The van der Waals surface area contributed by atoms with Gasteiger partial charge in [0.25, 0.3) is 0 Å². The number of carboxylic acids is 1. The molecule has 0 aromatic heterocycles. The molecule has 6 heteroatoms. The summed E-state index contributed by atoms with van der Waals surface area (Å²) >= 11 is 0. The van der Waals surface area contributed by atoms with Crippen molar-refractivity contribution < 1.29 is 23.8 Å². The number of ether oxygens (including phenoxy) is 2. The van der Waals surface area contributed by atoms with Crippen LogP contribution in [0.4, 0.5) is 4.39 Å². The second-order valence-corrected chi connectivity index (χ2v) is 3.74. The Bertz CT molecular complexity index is 449. The number of hydrogen-bond donors (Lipinski definition) is 2. The van der Waals surface area contributed by atoms with Crippen LogP contribution in [0.3, 0.4) is 0 Å². The molecule has 0 saturated heterocycles. The van der Waals surface area contributed by atoms with E-state index < -0.39 is 17.8 Å². The molecule has 17 heavy (non-hydrogen) atoms. The zero-order chi connectivity index (χ0) is 12.4. The lowest BCUT2D eigenvalue weighted by Crippen LogP contribution is -2.32. The Balaban J connectivity index is 2.25. The molecule has 0 saturated carbocycles. The van der Waals surface area contributed by atoms with Crippen LogP contribution >= 0.6 is 0 Å². The summed E-state index contributed by atoms with van der Waals surface area (Å²) in [7, 11) is 0. The summed E-state index contributed by atoms with van der Waals surface area (Å²) in [4.78, 5) is 10.6. The Morgan fingerprint density at radius 1 is 1.41 bits per heavy atom. The normalized spacial score (nSPS) is 15.4. The highest BCUT2D eigenvalue weighted by Crippen LogP contribution is 2.32. The highest BCUT2D eigenvalue weighted by atomic mass is 19.1. The topological polar surface area (TPSA) is 81.8 Å². The van der Waals surface area contributed by atoms with Crippen LogP contribution in [0.1, 0.15) is 5.56 Å². The van der Waals surface area contributed by atoms with E-state index in [1.165, 1.54) is 12.1 Å². The van der Waals surface area contributed by atoms with Gasteiger partial charge in [-0.15, -0.1) is 0 Å². The van der Waals surface area contributed by atoms with Crippen molar-refractivity contribution in [3.8, 4) is 11.5 Å². The first-order chi connectivity index (χ1) is 8.08. The number of benzene rings is 1. The Morgan fingerprint density at radius 2 is 2.00 bits per heavy atom. The standard InChI is InChI=1S/C11H12FNO4/c12-7-5-10-9(16-1-2-17-10)4-6(7)3-8(13)11(14)15/h4-5,8H,1-3,13H2,(H,14,15). The Labute approximate surface area is 96.9 Å². The molecule has 1 atom stereocenters. The van der Waals surface area contributed by atoms with Crippen molar-refractivity contribution in [2.45, 2.75) is 12.5 Å². The SMILES string of the molecule is NC(Cc1cc2c(cc1F)OCCO2)C(=O)O. The van der Waals surface area contributed by atoms with Crippen molar-refractivity contribution in [1.82, 2.24) is 0 Å². The first-order valence-corrected chi connectivity index (χ1v) is 5.14. The summed E-state index contributed by atoms with van der Waals surface area (Å²) in [6.45, 7) is 0.767. The largest absolute Gasteiger partial charge is 0.486 e. The molecule has 0 radical (unpaired) electrons. The van der Waals surface area contributed by atoms with Gasteiger partial charge in [0.15, 0.2) is 11.5 Å². The first-order valence-electron chi connectivity index (χ1n) is 5.14. The van der Waals surface area contributed by atoms with E-state index >= 15 is 0 Å². The van der Waals surface area contributed by atoms with E-state index in [0.717, 1.165) is 0 Å². The molecule has 1 unspecified atom stereocenters. The van der Waals surface area contributed by atoms with Crippen LogP contribution in [-0.2, 0) is 11.2 Å². The maximum Gasteiger partial charge on any atom is 0.320 e. The van der Waals surface area contributed by atoms with Gasteiger partial charge in [-0.25, -0.2) is 4.39 Å². The number of nitrogens with two attached hydrogens (primary N) is 1. The minimum absolute atomic E-state index is 0.0855. The van der Waals surface area contributed by atoms with E-state index in [4.69, 9.17) is 20.3 Å². The molecule has 92 valence electrons. The summed E-state index contributed by atoms with van der Waals surface area (Å²) < 4.78 is 24.1. The number of fused-ring (bicyclic) bond motifs is 1. The van der Waals surface area contributed by atoms with E-state index in [1.54, 1.807) is 0 Å². The lowest BCUT2D eigenvalue weighted by atomic mass is 10.1. The molecule has 0 bridgehead atoms. The molecule has 0 amide bonds. The number of carbonyl (C=O) groups is 1. The number of aliphatic carboxylic acids is 1. The minimum Gasteiger partial charge on any atom is -0.486 e. The average molecular weight is 241 g/mol. The maximum absolute atomic E-state index is 13.6. The third-order valence-corrected chi connectivity index (χ3v) is 2.47. The molecule has 1 heterocycles. The van der Waals surface area contributed by atoms with Crippen LogP contribution < -0.4 is 15.2 Å². The lowest BCUT2D eigenvalue weighted by Gasteiger charge is -2.19. The zero-order valence-electron chi connectivity index (χ0n) is 8.98. The van der Waals surface area contributed by atoms with E-state index in [9.17, 15) is 9.18 Å². The number of halogens is 1. The summed E-state index contributed by atoms with van der Waals surface area (Å²) in [5.74, 6) is -0.947. The van der Waals surface area contributed by atoms with Gasteiger partial charge in [0.1, 0.15) is 25.1 Å². The average Bonchev–Trinajstić information content (AvgIpc) is 2.29. The highest BCUT2D eigenvalue weighted by molar-refractivity contribution is 5.73. The first kappa shape index (κ1) is 11.7. The van der Waals surface area contributed by atoms with Crippen molar-refractivity contribution in [3.05, 3.63) is 23.5 Å². The Kier molecular flexibility index (Phi) is 3.14. The van der Waals surface area contributed by atoms with Gasteiger partial charge in [0, 0.05) is 12.5 Å². The molecule has 1 aromatic rings. The molecule has 1 aliphatic rings. The second-order valence-electron chi connectivity index (χ2n) is 3.74. The molecule has 0 spiro atoms. The van der Waals surface area contributed by atoms with E-state index in [1.807, 2.05) is 0 Å². The molecule has 3 N–H and O–H groups in total. The molecule has 0 aliphatic carbocycles. The molecule has 0 fully saturated rings. The van der Waals surface area contributed by atoms with Gasteiger partial charge < -0.3 is 20.3 Å². The fourth-order valence-corrected chi connectivity index (χ4v) is 1.59. The predicted molar refractivity (Wildman–Crippen MR) is 56.7 cm³/mol. The number of carboxylic acid groups (broad SMARTS) is 1. The van der Waals surface area contributed by atoms with Crippen LogP contribution in [-0.4, -0.2) is 30.3 Å². The summed E-state index contributed by atoms with van der Waals surface area (Å²) in [6, 6.07) is 1.50. The Hall–Kier alpha value is -1.82. The van der Waals surface area contributed by atoms with Crippen molar-refractivity contribution in [2.75, 3.05) is 13.2 Å². The van der Waals surface area contributed by atoms with Crippen molar-refractivity contribution in [1.29, 1.82) is 0 Å². The van der Waals surface area contributed by atoms with Gasteiger partial charge in [0.05, 0.1) is 0 Å². The molecule has 5 nitrogen and oxygen atoms in total. The lowest BCUT2D eigenvalue weighted by molar-refractivity contribution is -0.138. The van der Waals surface area contributed by atoms with E-state index in [0.29, 0.717) is 24.7 Å². The monoisotopic (exact) mass is 241 g/mol. The fourth-order valence-electron chi connectivity index (χ4n) is 1.59. The van der Waals surface area contributed by atoms with Gasteiger partial charge >= 0.3 is 5.97 Å². The van der Waals surface area contributed by atoms with Crippen molar-refractivity contribution >= 4 is 5.97 Å². The zero-order valence-corrected chi connectivity index (χ0v) is 8.98. The summed E-state index contributed by atoms with van der Waals surface area (Å²) in [5, 5.41) is 8.67. The Morgan fingerprint density at radius 3 is 2.59 bits per heavy atom. The van der Waals surface area contributed by atoms with Gasteiger partial charge in [-0.2, -0.15) is 0 Å².